The van der Waals surface area contributed by atoms with E-state index in [1.165, 1.54) is 0 Å². The lowest BCUT2D eigenvalue weighted by molar-refractivity contribution is -0.121. The predicted molar refractivity (Wildman–Crippen MR) is 114 cm³/mol. The van der Waals surface area contributed by atoms with E-state index >= 15 is 0 Å². The number of nitrogens with one attached hydrogen (secondary N) is 1. The largest absolute Gasteiger partial charge is 0.482 e. The third-order valence-electron chi connectivity index (χ3n) is 4.82. The number of amides is 2. The van der Waals surface area contributed by atoms with Gasteiger partial charge >= 0.3 is 0 Å². The van der Waals surface area contributed by atoms with Crippen LogP contribution in [0, 0.1) is 0 Å². The second-order valence-electron chi connectivity index (χ2n) is 6.88. The van der Waals surface area contributed by atoms with Crippen LogP contribution in [0.15, 0.2) is 78.9 Å². The molecule has 4 rings (SSSR count). The second-order valence-corrected chi connectivity index (χ2v) is 6.88. The zero-order valence-corrected chi connectivity index (χ0v) is 16.2. The SMILES string of the molecule is O=C(CCN1C(=O)COc2ccccc21)Nc1cccc(C(=O)c2ccccc2)c1. The number of benzene rings is 3. The molecule has 0 aliphatic carbocycles. The summed E-state index contributed by atoms with van der Waals surface area (Å²) < 4.78 is 5.42. The Bertz CT molecular complexity index is 1100. The smallest absolute Gasteiger partial charge is 0.265 e. The van der Waals surface area contributed by atoms with Gasteiger partial charge < -0.3 is 15.0 Å². The summed E-state index contributed by atoms with van der Waals surface area (Å²) in [7, 11) is 0. The number of fused-ring (bicyclic) bond motifs is 1. The molecule has 0 aromatic heterocycles. The molecular weight excluding hydrogens is 380 g/mol. The van der Waals surface area contributed by atoms with Crippen molar-refractivity contribution in [2.24, 2.45) is 0 Å². The number of hydrogen-bond donors (Lipinski definition) is 1. The summed E-state index contributed by atoms with van der Waals surface area (Å²) in [5, 5.41) is 2.81. The topological polar surface area (TPSA) is 75.7 Å². The first kappa shape index (κ1) is 19.4. The van der Waals surface area contributed by atoms with Crippen LogP contribution in [0.3, 0.4) is 0 Å². The second kappa shape index (κ2) is 8.61. The molecule has 0 unspecified atom stereocenters. The van der Waals surface area contributed by atoms with Gasteiger partial charge in [-0.1, -0.05) is 54.6 Å². The van der Waals surface area contributed by atoms with E-state index in [0.717, 1.165) is 0 Å². The molecule has 0 saturated heterocycles. The number of nitrogens with zero attached hydrogens (tertiary/aromatic N) is 1. The van der Waals surface area contributed by atoms with Gasteiger partial charge in [-0.2, -0.15) is 0 Å². The minimum absolute atomic E-state index is 0.0394. The van der Waals surface area contributed by atoms with Gasteiger partial charge in [0, 0.05) is 29.8 Å². The minimum Gasteiger partial charge on any atom is -0.482 e. The summed E-state index contributed by atoms with van der Waals surface area (Å²) in [4.78, 5) is 38.8. The Kier molecular flexibility index (Phi) is 5.57. The van der Waals surface area contributed by atoms with Gasteiger partial charge in [-0.25, -0.2) is 0 Å². The molecule has 6 nitrogen and oxygen atoms in total. The number of ketones is 1. The lowest BCUT2D eigenvalue weighted by Gasteiger charge is -2.29. The van der Waals surface area contributed by atoms with Crippen LogP contribution in [0.4, 0.5) is 11.4 Å². The summed E-state index contributed by atoms with van der Waals surface area (Å²) in [5.41, 5.74) is 2.29. The standard InChI is InChI=1S/C24H20N2O4/c27-22(13-14-26-20-11-4-5-12-21(20)30-16-23(26)28)25-19-10-6-9-18(15-19)24(29)17-7-2-1-3-8-17/h1-12,15H,13-14,16H2,(H,25,27). The maximum Gasteiger partial charge on any atom is 0.265 e. The van der Waals surface area contributed by atoms with Crippen molar-refractivity contribution in [3.63, 3.8) is 0 Å². The summed E-state index contributed by atoms with van der Waals surface area (Å²) in [6.07, 6.45) is 0.122. The van der Waals surface area contributed by atoms with Gasteiger partial charge in [-0.05, 0) is 24.3 Å². The lowest BCUT2D eigenvalue weighted by Crippen LogP contribution is -2.40. The number of carbonyl (C=O) groups excluding carboxylic acids is 3. The number of para-hydroxylation sites is 2. The van der Waals surface area contributed by atoms with E-state index in [4.69, 9.17) is 4.74 Å². The molecule has 0 bridgehead atoms. The summed E-state index contributed by atoms with van der Waals surface area (Å²) in [6, 6.07) is 23.1. The summed E-state index contributed by atoms with van der Waals surface area (Å²) in [6.45, 7) is 0.204. The van der Waals surface area contributed by atoms with Crippen molar-refractivity contribution >= 4 is 29.0 Å². The molecule has 0 atom stereocenters. The van der Waals surface area contributed by atoms with E-state index in [0.29, 0.717) is 28.3 Å². The lowest BCUT2D eigenvalue weighted by atomic mass is 10.0. The number of carbonyl (C=O) groups is 3. The Morgan fingerprint density at radius 3 is 2.47 bits per heavy atom. The van der Waals surface area contributed by atoms with Crippen LogP contribution in [0.1, 0.15) is 22.3 Å². The van der Waals surface area contributed by atoms with E-state index in [1.807, 2.05) is 30.3 Å². The fourth-order valence-electron chi connectivity index (χ4n) is 3.33. The zero-order valence-electron chi connectivity index (χ0n) is 16.2. The van der Waals surface area contributed by atoms with Gasteiger partial charge in [0.25, 0.3) is 5.91 Å². The van der Waals surface area contributed by atoms with Crippen LogP contribution in [-0.4, -0.2) is 30.7 Å². The highest BCUT2D eigenvalue weighted by molar-refractivity contribution is 6.09. The number of rotatable bonds is 6. The van der Waals surface area contributed by atoms with Gasteiger partial charge in [-0.3, -0.25) is 14.4 Å². The summed E-state index contributed by atoms with van der Waals surface area (Å²) >= 11 is 0. The molecule has 1 N–H and O–H groups in total. The third-order valence-corrected chi connectivity index (χ3v) is 4.82. The Morgan fingerprint density at radius 2 is 1.63 bits per heavy atom. The van der Waals surface area contributed by atoms with Crippen LogP contribution in [0.5, 0.6) is 5.75 Å². The van der Waals surface area contributed by atoms with Crippen molar-refractivity contribution in [3.8, 4) is 5.75 Å². The first-order chi connectivity index (χ1) is 14.6. The Balaban J connectivity index is 1.40. The molecule has 3 aromatic rings. The Hall–Kier alpha value is -3.93. The molecule has 6 heteroatoms. The van der Waals surface area contributed by atoms with Crippen LogP contribution in [-0.2, 0) is 9.59 Å². The van der Waals surface area contributed by atoms with Crippen molar-refractivity contribution in [2.45, 2.75) is 6.42 Å². The number of ether oxygens (including phenoxy) is 1. The van der Waals surface area contributed by atoms with Crippen LogP contribution >= 0.6 is 0 Å². The fraction of sp³-hybridized carbons (Fsp3) is 0.125. The molecule has 30 heavy (non-hydrogen) atoms. The zero-order chi connectivity index (χ0) is 20.9. The minimum atomic E-state index is -0.240. The van der Waals surface area contributed by atoms with E-state index in [9.17, 15) is 14.4 Å². The molecule has 0 fully saturated rings. The van der Waals surface area contributed by atoms with E-state index in [1.54, 1.807) is 53.4 Å². The summed E-state index contributed by atoms with van der Waals surface area (Å²) in [5.74, 6) is 0.0971. The molecule has 0 radical (unpaired) electrons. The van der Waals surface area contributed by atoms with Crippen molar-refractivity contribution in [1.82, 2.24) is 0 Å². The van der Waals surface area contributed by atoms with Gasteiger partial charge in [0.1, 0.15) is 5.75 Å². The molecule has 1 aliphatic heterocycles. The van der Waals surface area contributed by atoms with Gasteiger partial charge in [0.2, 0.25) is 5.91 Å². The maximum absolute atomic E-state index is 12.6. The predicted octanol–water partition coefficient (Wildman–Crippen LogP) is 3.67. The van der Waals surface area contributed by atoms with E-state index < -0.39 is 0 Å². The van der Waals surface area contributed by atoms with Crippen LogP contribution in [0.25, 0.3) is 0 Å². The monoisotopic (exact) mass is 400 g/mol. The highest BCUT2D eigenvalue weighted by atomic mass is 16.5. The van der Waals surface area contributed by atoms with Crippen LogP contribution < -0.4 is 15.0 Å². The van der Waals surface area contributed by atoms with Crippen molar-refractivity contribution in [3.05, 3.63) is 90.0 Å². The molecule has 150 valence electrons. The number of anilines is 2. The van der Waals surface area contributed by atoms with Crippen molar-refractivity contribution in [2.75, 3.05) is 23.4 Å². The molecule has 0 saturated carbocycles. The van der Waals surface area contributed by atoms with Crippen molar-refractivity contribution < 1.29 is 19.1 Å². The van der Waals surface area contributed by atoms with Gasteiger partial charge in [0.05, 0.1) is 5.69 Å². The normalized spacial score (nSPS) is 12.7. The average molecular weight is 400 g/mol. The molecular formula is C24H20N2O4. The quantitative estimate of drug-likeness (QED) is 0.641. The van der Waals surface area contributed by atoms with Crippen molar-refractivity contribution in [1.29, 1.82) is 0 Å². The van der Waals surface area contributed by atoms with Crippen LogP contribution in [0.2, 0.25) is 0 Å². The Labute approximate surface area is 174 Å². The van der Waals surface area contributed by atoms with E-state index in [2.05, 4.69) is 5.32 Å². The highest BCUT2D eigenvalue weighted by Gasteiger charge is 2.25. The molecule has 1 aliphatic rings. The molecule has 1 heterocycles. The maximum atomic E-state index is 12.6. The molecule has 2 amide bonds. The Morgan fingerprint density at radius 1 is 0.900 bits per heavy atom. The highest BCUT2D eigenvalue weighted by Crippen LogP contribution is 2.31. The van der Waals surface area contributed by atoms with Gasteiger partial charge in [0.15, 0.2) is 12.4 Å². The molecule has 0 spiro atoms. The molecule has 3 aromatic carbocycles. The first-order valence-electron chi connectivity index (χ1n) is 9.64. The van der Waals surface area contributed by atoms with Gasteiger partial charge in [-0.15, -0.1) is 0 Å². The average Bonchev–Trinajstić information content (AvgIpc) is 2.78. The number of hydrogen-bond acceptors (Lipinski definition) is 4. The third kappa shape index (κ3) is 4.22. The fourth-order valence-corrected chi connectivity index (χ4v) is 3.33. The van der Waals surface area contributed by atoms with E-state index in [-0.39, 0.29) is 37.2 Å². The first-order valence-corrected chi connectivity index (χ1v) is 9.64.